The van der Waals surface area contributed by atoms with Crippen LogP contribution >= 0.6 is 0 Å². The van der Waals surface area contributed by atoms with Gasteiger partial charge in [-0.2, -0.15) is 0 Å². The van der Waals surface area contributed by atoms with E-state index in [4.69, 9.17) is 4.74 Å². The van der Waals surface area contributed by atoms with Crippen molar-refractivity contribution >= 4 is 5.97 Å². The van der Waals surface area contributed by atoms with Crippen molar-refractivity contribution in [2.75, 3.05) is 6.61 Å². The van der Waals surface area contributed by atoms with E-state index >= 15 is 0 Å². The van der Waals surface area contributed by atoms with Crippen molar-refractivity contribution < 1.29 is 22.7 Å². The van der Waals surface area contributed by atoms with Gasteiger partial charge in [0.25, 0.3) is 0 Å². The highest BCUT2D eigenvalue weighted by atomic mass is 19.2. The molecule has 6 heteroatoms. The summed E-state index contributed by atoms with van der Waals surface area (Å²) in [7, 11) is 0. The Morgan fingerprint density at radius 2 is 1.80 bits per heavy atom. The number of carbonyl (C=O) groups is 1. The minimum Gasteiger partial charge on any atom is -0.465 e. The zero-order valence-electron chi connectivity index (χ0n) is 11.7. The van der Waals surface area contributed by atoms with Gasteiger partial charge in [0.15, 0.2) is 17.5 Å². The van der Waals surface area contributed by atoms with Crippen molar-refractivity contribution in [2.24, 2.45) is 0 Å². The first kappa shape index (κ1) is 16.5. The zero-order chi connectivity index (χ0) is 15.3. The number of esters is 1. The predicted octanol–water partition coefficient (Wildman–Crippen LogP) is 3.10. The first-order chi connectivity index (χ1) is 9.40. The predicted molar refractivity (Wildman–Crippen MR) is 68.6 cm³/mol. The van der Waals surface area contributed by atoms with E-state index in [1.54, 1.807) is 6.92 Å². The molecule has 1 aromatic rings. The van der Waals surface area contributed by atoms with Crippen LogP contribution in [0.2, 0.25) is 0 Å². The lowest BCUT2D eigenvalue weighted by Gasteiger charge is -2.21. The van der Waals surface area contributed by atoms with E-state index in [0.717, 1.165) is 12.1 Å². The largest absolute Gasteiger partial charge is 0.465 e. The van der Waals surface area contributed by atoms with E-state index in [2.05, 4.69) is 5.32 Å². The molecule has 0 aliphatic heterocycles. The molecular weight excluding hydrogens is 271 g/mol. The first-order valence-corrected chi connectivity index (χ1v) is 6.47. The third-order valence-electron chi connectivity index (χ3n) is 2.93. The average Bonchev–Trinajstić information content (AvgIpc) is 2.41. The molecule has 3 nitrogen and oxygen atoms in total. The highest BCUT2D eigenvalue weighted by molar-refractivity contribution is 5.77. The minimum absolute atomic E-state index is 0.000139. The lowest BCUT2D eigenvalue weighted by Crippen LogP contribution is -2.36. The van der Waals surface area contributed by atoms with Gasteiger partial charge < -0.3 is 4.74 Å². The number of carbonyl (C=O) groups excluding carboxylic acids is 1. The standard InChI is InChI=1S/C14H18F3NO2/c1-4-8(3)18-13(14(19)20-5-2)9-6-10(15)12(17)11(16)7-9/h6-8,13,18H,4-5H2,1-3H3. The van der Waals surface area contributed by atoms with Gasteiger partial charge in [-0.25, -0.2) is 18.0 Å². The fourth-order valence-electron chi connectivity index (χ4n) is 1.67. The van der Waals surface area contributed by atoms with Gasteiger partial charge in [-0.1, -0.05) is 6.92 Å². The smallest absolute Gasteiger partial charge is 0.327 e. The Balaban J connectivity index is 3.12. The van der Waals surface area contributed by atoms with Crippen LogP contribution in [-0.2, 0) is 9.53 Å². The fourth-order valence-corrected chi connectivity index (χ4v) is 1.67. The number of ether oxygens (including phenoxy) is 1. The number of halogens is 3. The molecule has 1 N–H and O–H groups in total. The molecule has 0 aromatic heterocycles. The maximum absolute atomic E-state index is 13.3. The molecule has 0 spiro atoms. The summed E-state index contributed by atoms with van der Waals surface area (Å²) in [6.45, 7) is 5.49. The molecule has 1 rings (SSSR count). The summed E-state index contributed by atoms with van der Waals surface area (Å²) >= 11 is 0. The molecule has 112 valence electrons. The molecule has 0 fully saturated rings. The Bertz CT molecular complexity index is 456. The van der Waals surface area contributed by atoms with Crippen molar-refractivity contribution in [1.82, 2.24) is 5.32 Å². The third-order valence-corrected chi connectivity index (χ3v) is 2.93. The number of hydrogen-bond donors (Lipinski definition) is 1. The molecule has 0 aliphatic carbocycles. The van der Waals surface area contributed by atoms with Gasteiger partial charge >= 0.3 is 5.97 Å². The van der Waals surface area contributed by atoms with Gasteiger partial charge in [0, 0.05) is 6.04 Å². The topological polar surface area (TPSA) is 38.3 Å². The molecule has 0 saturated heterocycles. The molecule has 0 amide bonds. The van der Waals surface area contributed by atoms with Crippen molar-refractivity contribution in [3.05, 3.63) is 35.1 Å². The Morgan fingerprint density at radius 1 is 1.25 bits per heavy atom. The Morgan fingerprint density at radius 3 is 2.25 bits per heavy atom. The van der Waals surface area contributed by atoms with Crippen LogP contribution in [0.3, 0.4) is 0 Å². The van der Waals surface area contributed by atoms with Crippen LogP contribution in [0.5, 0.6) is 0 Å². The Labute approximate surface area is 116 Å². The van der Waals surface area contributed by atoms with Crippen molar-refractivity contribution in [1.29, 1.82) is 0 Å². The lowest BCUT2D eigenvalue weighted by molar-refractivity contribution is -0.146. The van der Waals surface area contributed by atoms with Gasteiger partial charge in [0.05, 0.1) is 6.61 Å². The van der Waals surface area contributed by atoms with E-state index in [9.17, 15) is 18.0 Å². The van der Waals surface area contributed by atoms with Gasteiger partial charge in [-0.05, 0) is 38.0 Å². The average molecular weight is 289 g/mol. The number of nitrogens with one attached hydrogen (secondary N) is 1. The molecule has 2 atom stereocenters. The normalized spacial score (nSPS) is 13.9. The summed E-state index contributed by atoms with van der Waals surface area (Å²) in [6, 6.07) is 0.500. The molecule has 0 radical (unpaired) electrons. The van der Waals surface area contributed by atoms with E-state index in [1.165, 1.54) is 0 Å². The quantitative estimate of drug-likeness (QED) is 0.646. The van der Waals surface area contributed by atoms with Crippen LogP contribution in [0.4, 0.5) is 13.2 Å². The van der Waals surface area contributed by atoms with E-state index < -0.39 is 29.5 Å². The van der Waals surface area contributed by atoms with Gasteiger partial charge in [-0.15, -0.1) is 0 Å². The summed E-state index contributed by atoms with van der Waals surface area (Å²) in [5, 5.41) is 2.91. The van der Waals surface area contributed by atoms with Crippen LogP contribution in [0.1, 0.15) is 38.8 Å². The van der Waals surface area contributed by atoms with Crippen LogP contribution < -0.4 is 5.32 Å². The van der Waals surface area contributed by atoms with Crippen LogP contribution in [0.25, 0.3) is 0 Å². The molecule has 1 aromatic carbocycles. The van der Waals surface area contributed by atoms with E-state index in [0.29, 0.717) is 6.42 Å². The van der Waals surface area contributed by atoms with Crippen LogP contribution in [0.15, 0.2) is 12.1 Å². The van der Waals surface area contributed by atoms with Crippen molar-refractivity contribution in [3.63, 3.8) is 0 Å². The summed E-state index contributed by atoms with van der Waals surface area (Å²) in [5.74, 6) is -4.88. The van der Waals surface area contributed by atoms with Crippen LogP contribution in [0, 0.1) is 17.5 Å². The first-order valence-electron chi connectivity index (χ1n) is 6.47. The molecule has 0 saturated carbocycles. The maximum Gasteiger partial charge on any atom is 0.327 e. The molecule has 0 heterocycles. The van der Waals surface area contributed by atoms with Gasteiger partial charge in [0.1, 0.15) is 6.04 Å². The second-order valence-corrected chi connectivity index (χ2v) is 4.46. The highest BCUT2D eigenvalue weighted by Crippen LogP contribution is 2.21. The SMILES string of the molecule is CCOC(=O)C(NC(C)CC)c1cc(F)c(F)c(F)c1. The fraction of sp³-hybridized carbons (Fsp3) is 0.500. The van der Waals surface area contributed by atoms with Crippen molar-refractivity contribution in [2.45, 2.75) is 39.3 Å². The highest BCUT2D eigenvalue weighted by Gasteiger charge is 2.25. The lowest BCUT2D eigenvalue weighted by atomic mass is 10.0. The third kappa shape index (κ3) is 3.96. The monoisotopic (exact) mass is 289 g/mol. The summed E-state index contributed by atoms with van der Waals surface area (Å²) in [5.41, 5.74) is 0.000139. The molecule has 20 heavy (non-hydrogen) atoms. The summed E-state index contributed by atoms with van der Waals surface area (Å²) < 4.78 is 44.4. The Kier molecular flexibility index (Phi) is 6.01. The van der Waals surface area contributed by atoms with E-state index in [-0.39, 0.29) is 18.2 Å². The Hall–Kier alpha value is -1.56. The van der Waals surface area contributed by atoms with Crippen molar-refractivity contribution in [3.8, 4) is 0 Å². The van der Waals surface area contributed by atoms with Gasteiger partial charge in [-0.3, -0.25) is 5.32 Å². The molecule has 0 bridgehead atoms. The van der Waals surface area contributed by atoms with E-state index in [1.807, 2.05) is 13.8 Å². The minimum atomic E-state index is -1.56. The molecule has 2 unspecified atom stereocenters. The zero-order valence-corrected chi connectivity index (χ0v) is 11.7. The molecule has 0 aliphatic rings. The summed E-state index contributed by atoms with van der Waals surface area (Å²) in [6.07, 6.45) is 0.710. The van der Waals surface area contributed by atoms with Crippen LogP contribution in [-0.4, -0.2) is 18.6 Å². The second-order valence-electron chi connectivity index (χ2n) is 4.46. The van der Waals surface area contributed by atoms with Gasteiger partial charge in [0.2, 0.25) is 0 Å². The number of rotatable bonds is 6. The maximum atomic E-state index is 13.3. The summed E-state index contributed by atoms with van der Waals surface area (Å²) in [4.78, 5) is 11.9. The molecular formula is C14H18F3NO2. The number of hydrogen-bond acceptors (Lipinski definition) is 3. The second kappa shape index (κ2) is 7.28. The number of benzene rings is 1.